The van der Waals surface area contributed by atoms with Crippen LogP contribution in [-0.4, -0.2) is 30.8 Å². The van der Waals surface area contributed by atoms with Gasteiger partial charge >= 0.3 is 0 Å². The van der Waals surface area contributed by atoms with Crippen LogP contribution in [0.15, 0.2) is 18.2 Å². The Morgan fingerprint density at radius 3 is 2.65 bits per heavy atom. The number of anilines is 1. The second-order valence-corrected chi connectivity index (χ2v) is 6.09. The summed E-state index contributed by atoms with van der Waals surface area (Å²) in [5.41, 5.74) is 6.55. The Labute approximate surface area is 120 Å². The second kappa shape index (κ2) is 6.61. The van der Waals surface area contributed by atoms with E-state index in [0.29, 0.717) is 23.4 Å². The van der Waals surface area contributed by atoms with E-state index in [1.165, 1.54) is 7.11 Å². The summed E-state index contributed by atoms with van der Waals surface area (Å²) in [6.07, 6.45) is 0.0347. The third-order valence-electron chi connectivity index (χ3n) is 2.81. The molecule has 0 radical (unpaired) electrons. The van der Waals surface area contributed by atoms with E-state index in [0.717, 1.165) is 0 Å². The van der Waals surface area contributed by atoms with Gasteiger partial charge in [0.2, 0.25) is 0 Å². The van der Waals surface area contributed by atoms with Gasteiger partial charge in [-0.15, -0.1) is 0 Å². The van der Waals surface area contributed by atoms with Gasteiger partial charge in [-0.2, -0.15) is 0 Å². The van der Waals surface area contributed by atoms with Gasteiger partial charge in [-0.05, 0) is 30.0 Å². The van der Waals surface area contributed by atoms with E-state index in [2.05, 4.69) is 5.32 Å². The first-order chi connectivity index (χ1) is 9.23. The molecule has 0 saturated carbocycles. The van der Waals surface area contributed by atoms with E-state index in [9.17, 15) is 9.90 Å². The average molecular weight is 280 g/mol. The smallest absolute Gasteiger partial charge is 0.255 e. The molecule has 0 aliphatic carbocycles. The molecule has 1 aromatic rings. The third-order valence-corrected chi connectivity index (χ3v) is 2.81. The van der Waals surface area contributed by atoms with Crippen molar-refractivity contribution in [1.82, 2.24) is 5.32 Å². The van der Waals surface area contributed by atoms with Gasteiger partial charge < -0.3 is 20.9 Å². The van der Waals surface area contributed by atoms with Gasteiger partial charge in [-0.25, -0.2) is 0 Å². The predicted octanol–water partition coefficient (Wildman–Crippen LogP) is 1.80. The first-order valence-corrected chi connectivity index (χ1v) is 6.63. The monoisotopic (exact) mass is 280 g/mol. The maximum atomic E-state index is 12.1. The van der Waals surface area contributed by atoms with Crippen molar-refractivity contribution in [3.63, 3.8) is 0 Å². The van der Waals surface area contributed by atoms with Crippen LogP contribution in [0.1, 0.15) is 37.6 Å². The lowest BCUT2D eigenvalue weighted by atomic mass is 9.89. The Balaban J connectivity index is 2.65. The number of rotatable bonds is 5. The van der Waals surface area contributed by atoms with Crippen LogP contribution in [0.4, 0.5) is 5.69 Å². The van der Waals surface area contributed by atoms with Crippen molar-refractivity contribution in [2.24, 2.45) is 5.41 Å². The zero-order valence-corrected chi connectivity index (χ0v) is 12.6. The molecule has 1 atom stereocenters. The fraction of sp³-hybridized carbons (Fsp3) is 0.533. The number of benzene rings is 1. The Morgan fingerprint density at radius 2 is 2.10 bits per heavy atom. The number of carbonyl (C=O) groups is 1. The van der Waals surface area contributed by atoms with Crippen LogP contribution < -0.4 is 15.8 Å². The Morgan fingerprint density at radius 1 is 1.45 bits per heavy atom. The van der Waals surface area contributed by atoms with Gasteiger partial charge in [0, 0.05) is 12.2 Å². The molecule has 0 fully saturated rings. The Bertz CT molecular complexity index is 467. The van der Waals surface area contributed by atoms with E-state index >= 15 is 0 Å². The molecule has 1 amide bonds. The maximum Gasteiger partial charge on any atom is 0.255 e. The molecular formula is C15H24N2O3. The minimum absolute atomic E-state index is 0.0129. The topological polar surface area (TPSA) is 84.6 Å². The Hall–Kier alpha value is -1.75. The average Bonchev–Trinajstić information content (AvgIpc) is 2.33. The fourth-order valence-electron chi connectivity index (χ4n) is 1.99. The normalized spacial score (nSPS) is 12.8. The highest BCUT2D eigenvalue weighted by Gasteiger charge is 2.18. The lowest BCUT2D eigenvalue weighted by molar-refractivity contribution is 0.0866. The molecule has 0 aromatic heterocycles. The molecule has 0 heterocycles. The van der Waals surface area contributed by atoms with Gasteiger partial charge in [0.1, 0.15) is 5.75 Å². The first-order valence-electron chi connectivity index (χ1n) is 6.63. The highest BCUT2D eigenvalue weighted by atomic mass is 16.5. The molecule has 0 spiro atoms. The number of nitrogens with two attached hydrogens (primary N) is 1. The summed E-state index contributed by atoms with van der Waals surface area (Å²) in [5.74, 6) is 0.157. The van der Waals surface area contributed by atoms with Gasteiger partial charge in [0.15, 0.2) is 0 Å². The molecule has 5 nitrogen and oxygen atoms in total. The number of hydrogen-bond acceptors (Lipinski definition) is 4. The van der Waals surface area contributed by atoms with Crippen molar-refractivity contribution >= 4 is 11.6 Å². The molecule has 1 rings (SSSR count). The predicted molar refractivity (Wildman–Crippen MR) is 79.8 cm³/mol. The number of nitrogen functional groups attached to an aromatic ring is 1. The standard InChI is InChI=1S/C15H24N2O3/c1-15(2,3)8-11(18)9-17-14(19)12-7-10(16)5-6-13(12)20-4/h5-7,11,18H,8-9,16H2,1-4H3,(H,17,19). The number of amides is 1. The Kier molecular flexibility index (Phi) is 5.39. The van der Waals surface area contributed by atoms with E-state index in [1.807, 2.05) is 20.8 Å². The number of methoxy groups -OCH3 is 1. The van der Waals surface area contributed by atoms with Crippen molar-refractivity contribution < 1.29 is 14.6 Å². The number of aliphatic hydroxyl groups is 1. The van der Waals surface area contributed by atoms with Crippen LogP contribution in [0.5, 0.6) is 5.75 Å². The summed E-state index contributed by atoms with van der Waals surface area (Å²) in [7, 11) is 1.50. The van der Waals surface area contributed by atoms with Crippen LogP contribution in [0.2, 0.25) is 0 Å². The summed E-state index contributed by atoms with van der Waals surface area (Å²) < 4.78 is 5.13. The molecule has 0 bridgehead atoms. The molecule has 5 heteroatoms. The maximum absolute atomic E-state index is 12.1. The number of hydrogen-bond donors (Lipinski definition) is 3. The van der Waals surface area contributed by atoms with Gasteiger partial charge in [-0.1, -0.05) is 20.8 Å². The number of ether oxygens (including phenoxy) is 1. The first kappa shape index (κ1) is 16.3. The van der Waals surface area contributed by atoms with E-state index in [1.54, 1.807) is 18.2 Å². The lowest BCUT2D eigenvalue weighted by Crippen LogP contribution is -2.34. The number of aliphatic hydroxyl groups excluding tert-OH is 1. The molecule has 1 aromatic carbocycles. The molecule has 1 unspecified atom stereocenters. The molecule has 4 N–H and O–H groups in total. The highest BCUT2D eigenvalue weighted by Crippen LogP contribution is 2.22. The minimum atomic E-state index is -0.578. The summed E-state index contributed by atoms with van der Waals surface area (Å²) >= 11 is 0. The van der Waals surface area contributed by atoms with Crippen molar-refractivity contribution in [2.45, 2.75) is 33.3 Å². The SMILES string of the molecule is COc1ccc(N)cc1C(=O)NCC(O)CC(C)(C)C. The van der Waals surface area contributed by atoms with Gasteiger partial charge in [-0.3, -0.25) is 4.79 Å². The summed E-state index contributed by atoms with van der Waals surface area (Å²) in [6.45, 7) is 6.32. The van der Waals surface area contributed by atoms with Crippen LogP contribution in [0.25, 0.3) is 0 Å². The molecule has 112 valence electrons. The van der Waals surface area contributed by atoms with Gasteiger partial charge in [0.05, 0.1) is 18.8 Å². The van der Waals surface area contributed by atoms with Crippen molar-refractivity contribution in [2.75, 3.05) is 19.4 Å². The quantitative estimate of drug-likeness (QED) is 0.718. The summed E-state index contributed by atoms with van der Waals surface area (Å²) in [5, 5.41) is 12.6. The molecular weight excluding hydrogens is 256 g/mol. The van der Waals surface area contributed by atoms with Crippen LogP contribution >= 0.6 is 0 Å². The highest BCUT2D eigenvalue weighted by molar-refractivity contribution is 5.97. The minimum Gasteiger partial charge on any atom is -0.496 e. The summed E-state index contributed by atoms with van der Waals surface area (Å²) in [4.78, 5) is 12.1. The zero-order valence-electron chi connectivity index (χ0n) is 12.6. The fourth-order valence-corrected chi connectivity index (χ4v) is 1.99. The van der Waals surface area contributed by atoms with Crippen molar-refractivity contribution in [3.05, 3.63) is 23.8 Å². The zero-order chi connectivity index (χ0) is 15.3. The van der Waals surface area contributed by atoms with Gasteiger partial charge in [0.25, 0.3) is 5.91 Å². The van der Waals surface area contributed by atoms with E-state index in [-0.39, 0.29) is 17.9 Å². The second-order valence-electron chi connectivity index (χ2n) is 6.09. The largest absolute Gasteiger partial charge is 0.496 e. The molecule has 0 aliphatic rings. The van der Waals surface area contributed by atoms with Crippen LogP contribution in [0.3, 0.4) is 0 Å². The number of nitrogens with one attached hydrogen (secondary N) is 1. The van der Waals surface area contributed by atoms with Crippen molar-refractivity contribution in [3.8, 4) is 5.75 Å². The van der Waals surface area contributed by atoms with Crippen LogP contribution in [-0.2, 0) is 0 Å². The molecule has 0 saturated heterocycles. The molecule has 20 heavy (non-hydrogen) atoms. The van der Waals surface area contributed by atoms with Crippen molar-refractivity contribution in [1.29, 1.82) is 0 Å². The van der Waals surface area contributed by atoms with E-state index in [4.69, 9.17) is 10.5 Å². The van der Waals surface area contributed by atoms with E-state index < -0.39 is 6.10 Å². The van der Waals surface area contributed by atoms with Crippen LogP contribution in [0, 0.1) is 5.41 Å². The molecule has 0 aliphatic heterocycles. The summed E-state index contributed by atoms with van der Waals surface area (Å²) in [6, 6.07) is 4.88. The lowest BCUT2D eigenvalue weighted by Gasteiger charge is -2.22. The third kappa shape index (κ3) is 5.09. The number of carbonyl (C=O) groups excluding carboxylic acids is 1.